The number of carbonyl (C=O) groups is 2. The van der Waals surface area contributed by atoms with E-state index in [9.17, 15) is 9.59 Å². The molecule has 1 aliphatic rings. The molecule has 26 heavy (non-hydrogen) atoms. The number of aromatic nitrogens is 1. The second-order valence-corrected chi connectivity index (χ2v) is 6.85. The molecule has 0 saturated carbocycles. The topological polar surface area (TPSA) is 65.2 Å². The Bertz CT molecular complexity index is 1050. The van der Waals surface area contributed by atoms with Gasteiger partial charge >= 0.3 is 0 Å². The lowest BCUT2D eigenvalue weighted by atomic mass is 10.1. The van der Waals surface area contributed by atoms with Crippen molar-refractivity contribution in [1.29, 1.82) is 0 Å². The second kappa shape index (κ2) is 6.02. The fourth-order valence-electron chi connectivity index (χ4n) is 3.61. The van der Waals surface area contributed by atoms with E-state index >= 15 is 0 Å². The molecule has 5 heteroatoms. The number of carbonyl (C=O) groups excluding carboxylic acids is 2. The van der Waals surface area contributed by atoms with Crippen molar-refractivity contribution in [3.05, 3.63) is 58.8 Å². The van der Waals surface area contributed by atoms with E-state index < -0.39 is 0 Å². The lowest BCUT2D eigenvalue weighted by molar-refractivity contribution is -0.116. The Labute approximate surface area is 152 Å². The average Bonchev–Trinajstić information content (AvgIpc) is 3.16. The Kier molecular flexibility index (Phi) is 3.80. The molecule has 0 saturated heterocycles. The van der Waals surface area contributed by atoms with Crippen LogP contribution in [0.15, 0.2) is 36.4 Å². The molecule has 0 spiro atoms. The minimum atomic E-state index is -0.133. The number of anilines is 2. The molecular formula is C21H21N3O2. The second-order valence-electron chi connectivity index (χ2n) is 6.85. The van der Waals surface area contributed by atoms with Crippen LogP contribution in [0.25, 0.3) is 10.9 Å². The van der Waals surface area contributed by atoms with Crippen LogP contribution in [0.5, 0.6) is 0 Å². The van der Waals surface area contributed by atoms with Crippen LogP contribution in [0.2, 0.25) is 0 Å². The van der Waals surface area contributed by atoms with E-state index in [2.05, 4.69) is 17.2 Å². The smallest absolute Gasteiger partial charge is 0.255 e. The molecule has 0 bridgehead atoms. The molecule has 1 aromatic heterocycles. The molecule has 4 rings (SSSR count). The molecule has 2 N–H and O–H groups in total. The van der Waals surface area contributed by atoms with Gasteiger partial charge in [0.05, 0.1) is 0 Å². The Balaban J connectivity index is 1.59. The van der Waals surface area contributed by atoms with E-state index in [4.69, 9.17) is 0 Å². The van der Waals surface area contributed by atoms with E-state index in [1.54, 1.807) is 11.8 Å². The number of rotatable bonds is 2. The van der Waals surface area contributed by atoms with Gasteiger partial charge in [0.25, 0.3) is 5.91 Å². The molecule has 132 valence electrons. The normalized spacial score (nSPS) is 13.1. The monoisotopic (exact) mass is 347 g/mol. The summed E-state index contributed by atoms with van der Waals surface area (Å²) in [6, 6.07) is 11.4. The van der Waals surface area contributed by atoms with E-state index in [0.717, 1.165) is 45.5 Å². The molecule has 3 aromatic rings. The van der Waals surface area contributed by atoms with Crippen LogP contribution in [0.4, 0.5) is 11.4 Å². The zero-order valence-electron chi connectivity index (χ0n) is 15.1. The van der Waals surface area contributed by atoms with Crippen molar-refractivity contribution in [2.45, 2.75) is 27.2 Å². The van der Waals surface area contributed by atoms with E-state index in [0.29, 0.717) is 12.1 Å². The first-order chi connectivity index (χ1) is 12.4. The largest absolute Gasteiger partial charge is 0.358 e. The van der Waals surface area contributed by atoms with Crippen molar-refractivity contribution >= 4 is 34.1 Å². The molecule has 0 atom stereocenters. The summed E-state index contributed by atoms with van der Waals surface area (Å²) in [7, 11) is 0. The number of hydrogen-bond acceptors (Lipinski definition) is 2. The highest BCUT2D eigenvalue weighted by Crippen LogP contribution is 2.31. The average molecular weight is 347 g/mol. The number of hydrogen-bond donors (Lipinski definition) is 2. The predicted molar refractivity (Wildman–Crippen MR) is 104 cm³/mol. The van der Waals surface area contributed by atoms with Crippen molar-refractivity contribution in [2.24, 2.45) is 0 Å². The molecule has 5 nitrogen and oxygen atoms in total. The maximum atomic E-state index is 12.7. The summed E-state index contributed by atoms with van der Waals surface area (Å²) in [4.78, 5) is 29.4. The highest BCUT2D eigenvalue weighted by atomic mass is 16.2. The fourth-order valence-corrected chi connectivity index (χ4v) is 3.61. The molecule has 2 aromatic carbocycles. The van der Waals surface area contributed by atoms with Crippen LogP contribution in [-0.4, -0.2) is 23.3 Å². The summed E-state index contributed by atoms with van der Waals surface area (Å²) in [6.07, 6.45) is 0.812. The van der Waals surface area contributed by atoms with E-state index in [-0.39, 0.29) is 11.8 Å². The zero-order chi connectivity index (χ0) is 18.4. The predicted octanol–water partition coefficient (Wildman–Crippen LogP) is 3.95. The summed E-state index contributed by atoms with van der Waals surface area (Å²) >= 11 is 0. The van der Waals surface area contributed by atoms with Gasteiger partial charge in [-0.3, -0.25) is 9.59 Å². The van der Waals surface area contributed by atoms with Crippen LogP contribution >= 0.6 is 0 Å². The highest BCUT2D eigenvalue weighted by molar-refractivity contribution is 6.07. The summed E-state index contributed by atoms with van der Waals surface area (Å²) in [5.74, 6) is -0.0856. The van der Waals surface area contributed by atoms with Crippen molar-refractivity contribution < 1.29 is 9.59 Å². The first-order valence-electron chi connectivity index (χ1n) is 8.75. The van der Waals surface area contributed by atoms with Crippen LogP contribution < -0.4 is 10.2 Å². The molecule has 1 aliphatic heterocycles. The van der Waals surface area contributed by atoms with Crippen LogP contribution in [-0.2, 0) is 11.2 Å². The Morgan fingerprint density at radius 1 is 1.12 bits per heavy atom. The third-order valence-electron chi connectivity index (χ3n) is 5.18. The van der Waals surface area contributed by atoms with Gasteiger partial charge < -0.3 is 15.2 Å². The Morgan fingerprint density at radius 2 is 1.92 bits per heavy atom. The third kappa shape index (κ3) is 2.65. The number of amides is 2. The van der Waals surface area contributed by atoms with Gasteiger partial charge in [-0.05, 0) is 67.8 Å². The number of H-pyrrole nitrogens is 1. The van der Waals surface area contributed by atoms with E-state index in [1.165, 1.54) is 0 Å². The summed E-state index contributed by atoms with van der Waals surface area (Å²) in [5.41, 5.74) is 6.73. The quantitative estimate of drug-likeness (QED) is 0.737. The summed E-state index contributed by atoms with van der Waals surface area (Å²) in [6.45, 7) is 6.36. The van der Waals surface area contributed by atoms with Crippen molar-refractivity contribution in [1.82, 2.24) is 4.98 Å². The molecular weight excluding hydrogens is 326 g/mol. The van der Waals surface area contributed by atoms with Gasteiger partial charge in [-0.2, -0.15) is 0 Å². The standard InChI is InChI=1S/C21H21N3O2/c1-12-13(2)22-19-6-4-16(11-18(12)19)21(26)23-17-5-7-20-15(10-17)8-9-24(20)14(3)25/h4-7,10-11,22H,8-9H2,1-3H3,(H,23,26). The minimum absolute atomic E-state index is 0.0472. The van der Waals surface area contributed by atoms with Gasteiger partial charge in [-0.25, -0.2) is 0 Å². The number of aromatic amines is 1. The first kappa shape index (κ1) is 16.4. The fraction of sp³-hybridized carbons (Fsp3) is 0.238. The van der Waals surface area contributed by atoms with Crippen LogP contribution in [0.1, 0.15) is 34.1 Å². The van der Waals surface area contributed by atoms with Gasteiger partial charge in [0, 0.05) is 47.0 Å². The number of nitrogens with one attached hydrogen (secondary N) is 2. The number of nitrogens with zero attached hydrogens (tertiary/aromatic N) is 1. The molecule has 0 radical (unpaired) electrons. The molecule has 2 amide bonds. The molecule has 2 heterocycles. The van der Waals surface area contributed by atoms with Crippen molar-refractivity contribution in [2.75, 3.05) is 16.8 Å². The maximum absolute atomic E-state index is 12.7. The minimum Gasteiger partial charge on any atom is -0.358 e. The van der Waals surface area contributed by atoms with Crippen LogP contribution in [0, 0.1) is 13.8 Å². The van der Waals surface area contributed by atoms with Gasteiger partial charge in [0.15, 0.2) is 0 Å². The molecule has 0 aliphatic carbocycles. The zero-order valence-corrected chi connectivity index (χ0v) is 15.1. The van der Waals surface area contributed by atoms with Crippen LogP contribution in [0.3, 0.4) is 0 Å². The number of benzene rings is 2. The third-order valence-corrected chi connectivity index (χ3v) is 5.18. The van der Waals surface area contributed by atoms with E-state index in [1.807, 2.05) is 43.3 Å². The van der Waals surface area contributed by atoms with Gasteiger partial charge in [0.2, 0.25) is 5.91 Å². The maximum Gasteiger partial charge on any atom is 0.255 e. The number of aryl methyl sites for hydroxylation is 2. The summed E-state index contributed by atoms with van der Waals surface area (Å²) in [5, 5.41) is 4.04. The first-order valence-corrected chi connectivity index (χ1v) is 8.75. The Morgan fingerprint density at radius 3 is 2.69 bits per heavy atom. The highest BCUT2D eigenvalue weighted by Gasteiger charge is 2.22. The molecule has 0 fully saturated rings. The summed E-state index contributed by atoms with van der Waals surface area (Å²) < 4.78 is 0. The SMILES string of the molecule is CC(=O)N1CCc2cc(NC(=O)c3ccc4[nH]c(C)c(C)c4c3)ccc21. The van der Waals surface area contributed by atoms with Crippen molar-refractivity contribution in [3.8, 4) is 0 Å². The van der Waals surface area contributed by atoms with Gasteiger partial charge in [0.1, 0.15) is 0 Å². The molecule has 0 unspecified atom stereocenters. The number of fused-ring (bicyclic) bond motifs is 2. The van der Waals surface area contributed by atoms with Crippen molar-refractivity contribution in [3.63, 3.8) is 0 Å². The lowest BCUT2D eigenvalue weighted by Gasteiger charge is -2.15. The van der Waals surface area contributed by atoms with Gasteiger partial charge in [-0.1, -0.05) is 0 Å². The van der Waals surface area contributed by atoms with Gasteiger partial charge in [-0.15, -0.1) is 0 Å². The lowest BCUT2D eigenvalue weighted by Crippen LogP contribution is -2.25. The Hall–Kier alpha value is -3.08.